The summed E-state index contributed by atoms with van der Waals surface area (Å²) in [6.07, 6.45) is 7.88. The van der Waals surface area contributed by atoms with Crippen LogP contribution in [-0.2, 0) is 27.9 Å². The number of unbranched alkanes of at least 4 members (excludes halogenated alkanes) is 3. The topological polar surface area (TPSA) is 57.7 Å². The Morgan fingerprint density at radius 3 is 2.15 bits per heavy atom. The first kappa shape index (κ1) is 28.4. The number of amides is 1. The van der Waals surface area contributed by atoms with Gasteiger partial charge in [-0.25, -0.2) is 12.7 Å². The number of rotatable bonds is 12. The standard InChI is InChI=1S/C33H46N2O3S/c1-4-5-6-13-18-28(24-34(22-26-14-9-7-10-15-26)23-27-16-11-8-12-17-27)31(36)35-30-21-29-19-20-33(30,32(29,2)3)25-39(35,37)38/h7-12,14-17,28-30H,4-6,13,18-25H2,1-3H3/t28-,29+,30+,33+/m1/s1. The minimum absolute atomic E-state index is 0.0386. The van der Waals surface area contributed by atoms with Crippen molar-refractivity contribution in [3.05, 3.63) is 71.8 Å². The normalized spacial score (nSPS) is 27.1. The minimum atomic E-state index is -3.63. The molecule has 2 aromatic carbocycles. The van der Waals surface area contributed by atoms with Gasteiger partial charge in [0.15, 0.2) is 0 Å². The monoisotopic (exact) mass is 550 g/mol. The van der Waals surface area contributed by atoms with Crippen molar-refractivity contribution in [1.82, 2.24) is 9.21 Å². The summed E-state index contributed by atoms with van der Waals surface area (Å²) >= 11 is 0. The summed E-state index contributed by atoms with van der Waals surface area (Å²) in [4.78, 5) is 16.8. The van der Waals surface area contributed by atoms with E-state index in [9.17, 15) is 13.2 Å². The van der Waals surface area contributed by atoms with Crippen LogP contribution in [0.15, 0.2) is 60.7 Å². The molecule has 0 aromatic heterocycles. The highest BCUT2D eigenvalue weighted by atomic mass is 32.2. The Morgan fingerprint density at radius 2 is 1.59 bits per heavy atom. The van der Waals surface area contributed by atoms with E-state index in [1.54, 1.807) is 0 Å². The second-order valence-corrected chi connectivity index (χ2v) is 14.8. The van der Waals surface area contributed by atoms with Crippen LogP contribution in [0.2, 0.25) is 0 Å². The SMILES string of the molecule is CCCCCC[C@H](CN(Cc1ccccc1)Cc1ccccc1)C(=O)N1[C@H]2C[C@@H]3CC[C@@]2(CS1(=O)=O)C3(C)C. The maximum Gasteiger partial charge on any atom is 0.240 e. The second-order valence-electron chi connectivity index (χ2n) is 12.9. The van der Waals surface area contributed by atoms with Gasteiger partial charge in [0, 0.05) is 25.0 Å². The molecular formula is C33H46N2O3S. The predicted octanol–water partition coefficient (Wildman–Crippen LogP) is 6.64. The second kappa shape index (κ2) is 11.4. The average molecular weight is 551 g/mol. The molecular weight excluding hydrogens is 504 g/mol. The summed E-state index contributed by atoms with van der Waals surface area (Å²) in [5.41, 5.74) is 2.08. The highest BCUT2D eigenvalue weighted by Crippen LogP contribution is 2.70. The number of hydrogen-bond acceptors (Lipinski definition) is 4. The molecule has 1 heterocycles. The molecule has 0 N–H and O–H groups in total. The van der Waals surface area contributed by atoms with Gasteiger partial charge in [0.25, 0.3) is 0 Å². The van der Waals surface area contributed by atoms with Crippen LogP contribution in [0.1, 0.15) is 83.3 Å². The lowest BCUT2D eigenvalue weighted by molar-refractivity contribution is -0.134. The van der Waals surface area contributed by atoms with Gasteiger partial charge >= 0.3 is 0 Å². The Morgan fingerprint density at radius 1 is 0.974 bits per heavy atom. The largest absolute Gasteiger partial charge is 0.294 e. The highest BCUT2D eigenvalue weighted by Gasteiger charge is 2.72. The molecule has 39 heavy (non-hydrogen) atoms. The van der Waals surface area contributed by atoms with Crippen molar-refractivity contribution in [3.8, 4) is 0 Å². The smallest absolute Gasteiger partial charge is 0.240 e. The van der Waals surface area contributed by atoms with Crippen LogP contribution in [-0.4, -0.2) is 41.9 Å². The number of sulfonamides is 1. The number of hydrogen-bond donors (Lipinski definition) is 0. The Kier molecular flexibility index (Phi) is 8.26. The highest BCUT2D eigenvalue weighted by molar-refractivity contribution is 7.90. The number of fused-ring (bicyclic) bond motifs is 1. The fraction of sp³-hybridized carbons (Fsp3) is 0.606. The van der Waals surface area contributed by atoms with Crippen molar-refractivity contribution in [1.29, 1.82) is 0 Å². The molecule has 6 heteroatoms. The number of carbonyl (C=O) groups is 1. The Hall–Kier alpha value is -2.18. The van der Waals surface area contributed by atoms with Crippen molar-refractivity contribution in [3.63, 3.8) is 0 Å². The maximum atomic E-state index is 14.4. The fourth-order valence-corrected chi connectivity index (χ4v) is 10.6. The molecule has 0 unspecified atom stereocenters. The lowest BCUT2D eigenvalue weighted by Crippen LogP contribution is -2.48. The van der Waals surface area contributed by atoms with Gasteiger partial charge in [-0.2, -0.15) is 0 Å². The molecule has 2 saturated carbocycles. The molecule has 1 aliphatic heterocycles. The van der Waals surface area contributed by atoms with E-state index in [1.165, 1.54) is 15.4 Å². The van der Waals surface area contributed by atoms with Gasteiger partial charge in [-0.3, -0.25) is 9.69 Å². The maximum absolute atomic E-state index is 14.4. The Bertz CT molecular complexity index is 1190. The summed E-state index contributed by atoms with van der Waals surface area (Å²) in [5, 5.41) is 0. The molecule has 5 rings (SSSR count). The van der Waals surface area contributed by atoms with Crippen molar-refractivity contribution in [2.45, 2.75) is 91.3 Å². The van der Waals surface area contributed by atoms with Crippen LogP contribution < -0.4 is 0 Å². The van der Waals surface area contributed by atoms with Gasteiger partial charge in [0.1, 0.15) is 0 Å². The molecule has 1 saturated heterocycles. The van der Waals surface area contributed by atoms with Crippen molar-refractivity contribution >= 4 is 15.9 Å². The molecule has 5 nitrogen and oxygen atoms in total. The first-order valence-electron chi connectivity index (χ1n) is 15.0. The summed E-state index contributed by atoms with van der Waals surface area (Å²) in [7, 11) is -3.63. The van der Waals surface area contributed by atoms with Crippen LogP contribution in [0.25, 0.3) is 0 Å². The first-order chi connectivity index (χ1) is 18.7. The zero-order chi connectivity index (χ0) is 27.7. The summed E-state index contributed by atoms with van der Waals surface area (Å²) < 4.78 is 28.9. The van der Waals surface area contributed by atoms with E-state index in [4.69, 9.17) is 0 Å². The van der Waals surface area contributed by atoms with Gasteiger partial charge < -0.3 is 0 Å². The van der Waals surface area contributed by atoms with Crippen molar-refractivity contribution in [2.24, 2.45) is 22.7 Å². The van der Waals surface area contributed by atoms with Crippen LogP contribution in [0, 0.1) is 22.7 Å². The lowest BCUT2D eigenvalue weighted by atomic mass is 9.69. The van der Waals surface area contributed by atoms with Gasteiger partial charge in [-0.15, -0.1) is 0 Å². The van der Waals surface area contributed by atoms with Gasteiger partial charge in [0.2, 0.25) is 15.9 Å². The lowest BCUT2D eigenvalue weighted by Gasteiger charge is -2.38. The first-order valence-corrected chi connectivity index (χ1v) is 16.6. The molecule has 3 aliphatic rings. The van der Waals surface area contributed by atoms with E-state index in [-0.39, 0.29) is 34.4 Å². The number of nitrogens with zero attached hydrogens (tertiary/aromatic N) is 2. The van der Waals surface area contributed by atoms with Gasteiger partial charge in [0.05, 0.1) is 17.7 Å². The molecule has 2 aromatic rings. The van der Waals surface area contributed by atoms with E-state index < -0.39 is 10.0 Å². The third kappa shape index (κ3) is 5.44. The third-order valence-electron chi connectivity index (χ3n) is 10.4. The molecule has 0 radical (unpaired) electrons. The van der Waals surface area contributed by atoms with Crippen molar-refractivity contribution in [2.75, 3.05) is 12.3 Å². The quantitative estimate of drug-likeness (QED) is 0.278. The molecule has 3 fully saturated rings. The van der Waals surface area contributed by atoms with Gasteiger partial charge in [-0.05, 0) is 48.1 Å². The molecule has 2 bridgehead atoms. The van der Waals surface area contributed by atoms with Crippen molar-refractivity contribution < 1.29 is 13.2 Å². The minimum Gasteiger partial charge on any atom is -0.294 e. The van der Waals surface area contributed by atoms with Gasteiger partial charge in [-0.1, -0.05) is 107 Å². The molecule has 2 aliphatic carbocycles. The zero-order valence-electron chi connectivity index (χ0n) is 24.0. The van der Waals surface area contributed by atoms with Crippen LogP contribution in [0.5, 0.6) is 0 Å². The van der Waals surface area contributed by atoms with E-state index >= 15 is 0 Å². The summed E-state index contributed by atoms with van der Waals surface area (Å²) in [5.74, 6) is 0.161. The molecule has 4 atom stereocenters. The van der Waals surface area contributed by atoms with Crippen LogP contribution in [0.4, 0.5) is 0 Å². The molecule has 1 amide bonds. The van der Waals surface area contributed by atoms with E-state index in [0.717, 1.165) is 64.5 Å². The van der Waals surface area contributed by atoms with E-state index in [2.05, 4.69) is 74.2 Å². The average Bonchev–Trinajstić information content (AvgIpc) is 3.39. The molecule has 1 spiro atoms. The summed E-state index contributed by atoms with van der Waals surface area (Å²) in [6, 6.07) is 20.6. The fourth-order valence-electron chi connectivity index (χ4n) is 8.05. The zero-order valence-corrected chi connectivity index (χ0v) is 24.8. The number of carbonyl (C=O) groups excluding carboxylic acids is 1. The molecule has 212 valence electrons. The Labute approximate surface area is 236 Å². The van der Waals surface area contributed by atoms with Crippen LogP contribution in [0.3, 0.4) is 0 Å². The van der Waals surface area contributed by atoms with Crippen LogP contribution >= 0.6 is 0 Å². The third-order valence-corrected chi connectivity index (χ3v) is 12.3. The van der Waals surface area contributed by atoms with E-state index in [1.807, 2.05) is 12.1 Å². The van der Waals surface area contributed by atoms with E-state index in [0.29, 0.717) is 12.5 Å². The predicted molar refractivity (Wildman–Crippen MR) is 157 cm³/mol. The Balaban J connectivity index is 1.42. The number of benzene rings is 2. The summed E-state index contributed by atoms with van der Waals surface area (Å²) in [6.45, 7) is 8.70.